The zero-order valence-corrected chi connectivity index (χ0v) is 22.3. The first-order chi connectivity index (χ1) is 17.0. The fraction of sp³-hybridized carbons (Fsp3) is 0.800. The molecule has 0 aromatic carbocycles. The topological polar surface area (TPSA) is 148 Å². The predicted octanol–water partition coefficient (Wildman–Crippen LogP) is 2.28. The number of nitrogens with zero attached hydrogens (tertiary/aromatic N) is 1. The summed E-state index contributed by atoms with van der Waals surface area (Å²) < 4.78 is 31.7. The highest BCUT2D eigenvalue weighted by Gasteiger charge is 2.51. The summed E-state index contributed by atoms with van der Waals surface area (Å²) in [5.41, 5.74) is 4.05. The van der Waals surface area contributed by atoms with Gasteiger partial charge in [-0.1, -0.05) is 40.0 Å². The van der Waals surface area contributed by atoms with Crippen molar-refractivity contribution in [2.45, 2.75) is 103 Å². The van der Waals surface area contributed by atoms with Crippen LogP contribution in [0, 0.1) is 10.8 Å². The number of alkyl halides is 2. The molecule has 0 unspecified atom stereocenters. The Kier molecular flexibility index (Phi) is 9.64. The van der Waals surface area contributed by atoms with Crippen LogP contribution in [0.3, 0.4) is 0 Å². The standard InChI is InChI=1S/C25H40F2N4O6/c1-23(2,3)18(30-22(36)37-5)21(35)31-14-25(10-7-6-8-11-25)13-16(31)20(34)29-15(17(32)19(28)33)9-12-24(4,26)27/h15-16,18H,6-14H2,1-5H3,(H2,28,33)(H,29,34)(H,30,36)/t15-,16-,18+/m0/s1. The number of rotatable bonds is 9. The summed E-state index contributed by atoms with van der Waals surface area (Å²) in [5.74, 6) is -6.86. The zero-order valence-electron chi connectivity index (χ0n) is 22.3. The maximum Gasteiger partial charge on any atom is 0.407 e. The average Bonchev–Trinajstić information content (AvgIpc) is 3.16. The van der Waals surface area contributed by atoms with E-state index < -0.39 is 71.9 Å². The molecule has 1 aliphatic heterocycles. The van der Waals surface area contributed by atoms with Crippen molar-refractivity contribution in [1.82, 2.24) is 15.5 Å². The van der Waals surface area contributed by atoms with Gasteiger partial charge in [0.2, 0.25) is 23.5 Å². The summed E-state index contributed by atoms with van der Waals surface area (Å²) in [5, 5.41) is 4.98. The molecule has 1 spiro atoms. The molecule has 4 N–H and O–H groups in total. The van der Waals surface area contributed by atoms with Gasteiger partial charge >= 0.3 is 6.09 Å². The van der Waals surface area contributed by atoms with Crippen LogP contribution in [0.2, 0.25) is 0 Å². The van der Waals surface area contributed by atoms with Crippen LogP contribution >= 0.6 is 0 Å². The van der Waals surface area contributed by atoms with Crippen molar-refractivity contribution in [2.24, 2.45) is 16.6 Å². The third-order valence-corrected chi connectivity index (χ3v) is 7.32. The van der Waals surface area contributed by atoms with Crippen LogP contribution < -0.4 is 16.4 Å². The van der Waals surface area contributed by atoms with Gasteiger partial charge in [-0.3, -0.25) is 19.2 Å². The van der Waals surface area contributed by atoms with E-state index >= 15 is 0 Å². The SMILES string of the molecule is COC(=O)N[C@H](C(=O)N1CC2(CCCCC2)C[C@H]1C(=O)N[C@@H](CCC(C)(F)F)C(=O)C(N)=O)C(C)(C)C. The predicted molar refractivity (Wildman–Crippen MR) is 130 cm³/mol. The minimum atomic E-state index is -3.12. The second-order valence-corrected chi connectivity index (χ2v) is 11.6. The number of ether oxygens (including phenoxy) is 1. The van der Waals surface area contributed by atoms with Gasteiger partial charge in [-0.2, -0.15) is 0 Å². The molecule has 0 radical (unpaired) electrons. The van der Waals surface area contributed by atoms with E-state index in [4.69, 9.17) is 5.73 Å². The maximum absolute atomic E-state index is 13.8. The number of alkyl carbamates (subject to hydrolysis) is 1. The molecule has 1 heterocycles. The third-order valence-electron chi connectivity index (χ3n) is 7.32. The highest BCUT2D eigenvalue weighted by molar-refractivity contribution is 6.37. The highest BCUT2D eigenvalue weighted by Crippen LogP contribution is 2.47. The van der Waals surface area contributed by atoms with Gasteiger partial charge in [0, 0.05) is 13.0 Å². The minimum Gasteiger partial charge on any atom is -0.453 e. The van der Waals surface area contributed by atoms with Crippen LogP contribution in [0.15, 0.2) is 0 Å². The molecule has 1 saturated carbocycles. The average molecular weight is 531 g/mol. The Labute approximate surface area is 216 Å². The monoisotopic (exact) mass is 530 g/mol. The van der Waals surface area contributed by atoms with Crippen LogP contribution in [0.1, 0.15) is 79.1 Å². The Morgan fingerprint density at radius 3 is 2.14 bits per heavy atom. The fourth-order valence-corrected chi connectivity index (χ4v) is 5.28. The lowest BCUT2D eigenvalue weighted by Gasteiger charge is -2.36. The molecule has 0 aromatic heterocycles. The number of halogens is 2. The molecule has 2 aliphatic rings. The molecule has 10 nitrogen and oxygen atoms in total. The van der Waals surface area contributed by atoms with Crippen LogP contribution in [0.4, 0.5) is 13.6 Å². The first-order valence-corrected chi connectivity index (χ1v) is 12.7. The van der Waals surface area contributed by atoms with Crippen molar-refractivity contribution >= 4 is 29.6 Å². The lowest BCUT2D eigenvalue weighted by molar-refractivity contribution is -0.143. The summed E-state index contributed by atoms with van der Waals surface area (Å²) in [7, 11) is 1.18. The number of methoxy groups -OCH3 is 1. The molecule has 210 valence electrons. The largest absolute Gasteiger partial charge is 0.453 e. The van der Waals surface area contributed by atoms with Gasteiger partial charge in [-0.05, 0) is 43.4 Å². The zero-order chi connectivity index (χ0) is 28.2. The van der Waals surface area contributed by atoms with Crippen LogP contribution in [-0.4, -0.2) is 72.2 Å². The van der Waals surface area contributed by atoms with Gasteiger partial charge in [-0.15, -0.1) is 0 Å². The highest BCUT2D eigenvalue weighted by atomic mass is 19.3. The van der Waals surface area contributed by atoms with Crippen LogP contribution in [0.5, 0.6) is 0 Å². The number of carbonyl (C=O) groups excluding carboxylic acids is 5. The van der Waals surface area contributed by atoms with Gasteiger partial charge in [0.25, 0.3) is 5.91 Å². The molecule has 1 aliphatic carbocycles. The lowest BCUT2D eigenvalue weighted by atomic mass is 9.72. The van der Waals surface area contributed by atoms with Gasteiger partial charge in [0.15, 0.2) is 0 Å². The van der Waals surface area contributed by atoms with Crippen molar-refractivity contribution < 1.29 is 37.5 Å². The van der Waals surface area contributed by atoms with Crippen molar-refractivity contribution in [3.05, 3.63) is 0 Å². The molecule has 2 rings (SSSR count). The van der Waals surface area contributed by atoms with E-state index in [0.29, 0.717) is 13.3 Å². The third kappa shape index (κ3) is 8.10. The van der Waals surface area contributed by atoms with Gasteiger partial charge < -0.3 is 26.0 Å². The summed E-state index contributed by atoms with van der Waals surface area (Å²) >= 11 is 0. The number of hydrogen-bond acceptors (Lipinski definition) is 6. The van der Waals surface area contributed by atoms with Gasteiger partial charge in [-0.25, -0.2) is 13.6 Å². The molecule has 0 aromatic rings. The normalized spacial score (nSPS) is 21.2. The number of hydrogen-bond donors (Lipinski definition) is 3. The number of nitrogens with one attached hydrogen (secondary N) is 2. The van der Waals surface area contributed by atoms with E-state index in [1.807, 2.05) is 0 Å². The summed E-state index contributed by atoms with van der Waals surface area (Å²) in [4.78, 5) is 64.6. The van der Waals surface area contributed by atoms with Crippen molar-refractivity contribution in [1.29, 1.82) is 0 Å². The first-order valence-electron chi connectivity index (χ1n) is 12.7. The number of ketones is 1. The van der Waals surface area contributed by atoms with E-state index in [0.717, 1.165) is 32.1 Å². The number of likely N-dealkylation sites (tertiary alicyclic amines) is 1. The molecule has 37 heavy (non-hydrogen) atoms. The summed E-state index contributed by atoms with van der Waals surface area (Å²) in [6.07, 6.45) is 2.81. The number of nitrogens with two attached hydrogens (primary N) is 1. The Hall–Kier alpha value is -2.79. The Bertz CT molecular complexity index is 893. The maximum atomic E-state index is 13.8. The second-order valence-electron chi connectivity index (χ2n) is 11.6. The van der Waals surface area contributed by atoms with Crippen molar-refractivity contribution in [3.8, 4) is 0 Å². The van der Waals surface area contributed by atoms with Crippen LogP contribution in [0.25, 0.3) is 0 Å². The molecule has 2 fully saturated rings. The van der Waals surface area contributed by atoms with E-state index in [1.54, 1.807) is 20.8 Å². The second kappa shape index (κ2) is 11.7. The number of carbonyl (C=O) groups is 5. The number of amides is 4. The van der Waals surface area contributed by atoms with Crippen LogP contribution in [-0.2, 0) is 23.9 Å². The molecule has 4 amide bonds. The summed E-state index contributed by atoms with van der Waals surface area (Å²) in [6, 6.07) is -3.57. The van der Waals surface area contributed by atoms with E-state index in [2.05, 4.69) is 15.4 Å². The van der Waals surface area contributed by atoms with E-state index in [-0.39, 0.29) is 12.0 Å². The number of Topliss-reactive ketones (excluding diaryl/α,β-unsaturated/α-hetero) is 1. The summed E-state index contributed by atoms with van der Waals surface area (Å²) in [6.45, 7) is 6.24. The number of primary amides is 1. The first kappa shape index (κ1) is 30.4. The minimum absolute atomic E-state index is 0.279. The smallest absolute Gasteiger partial charge is 0.407 e. The molecule has 1 saturated heterocycles. The van der Waals surface area contributed by atoms with E-state index in [9.17, 15) is 32.8 Å². The Morgan fingerprint density at radius 2 is 1.65 bits per heavy atom. The molecular formula is C25H40F2N4O6. The van der Waals surface area contributed by atoms with Crippen molar-refractivity contribution in [3.63, 3.8) is 0 Å². The quantitative estimate of drug-likeness (QED) is 0.390. The Balaban J connectivity index is 2.37. The molecule has 12 heteroatoms. The lowest BCUT2D eigenvalue weighted by Crippen LogP contribution is -2.59. The van der Waals surface area contributed by atoms with E-state index in [1.165, 1.54) is 12.0 Å². The fourth-order valence-electron chi connectivity index (χ4n) is 5.28. The van der Waals surface area contributed by atoms with Gasteiger partial charge in [0.05, 0.1) is 13.2 Å². The molecule has 0 bridgehead atoms. The molecule has 3 atom stereocenters. The molecular weight excluding hydrogens is 490 g/mol. The Morgan fingerprint density at radius 1 is 1.05 bits per heavy atom. The van der Waals surface area contributed by atoms with Crippen molar-refractivity contribution in [2.75, 3.05) is 13.7 Å². The van der Waals surface area contributed by atoms with Gasteiger partial charge in [0.1, 0.15) is 12.1 Å².